The van der Waals surface area contributed by atoms with Gasteiger partial charge in [0.25, 0.3) is 5.91 Å². The number of nitrogens with one attached hydrogen (secondary N) is 1. The Balaban J connectivity index is 1.97. The Morgan fingerprint density at radius 1 is 1.22 bits per heavy atom. The quantitative estimate of drug-likeness (QED) is 0.853. The van der Waals surface area contributed by atoms with Crippen molar-refractivity contribution in [3.8, 4) is 11.5 Å². The molecule has 0 atom stereocenters. The Hall–Kier alpha value is -2.34. The number of ether oxygens (including phenoxy) is 2. The van der Waals surface area contributed by atoms with Gasteiger partial charge in [0.1, 0.15) is 11.5 Å². The van der Waals surface area contributed by atoms with Crippen LogP contribution in [0.25, 0.3) is 0 Å². The lowest BCUT2D eigenvalue weighted by atomic mass is 10.2. The highest BCUT2D eigenvalue weighted by Crippen LogP contribution is 2.26. The van der Waals surface area contributed by atoms with Gasteiger partial charge in [-0.1, -0.05) is 23.7 Å². The van der Waals surface area contributed by atoms with Crippen molar-refractivity contribution in [2.75, 3.05) is 11.9 Å². The maximum absolute atomic E-state index is 12.3. The van der Waals surface area contributed by atoms with Gasteiger partial charge in [0, 0.05) is 5.02 Å². The van der Waals surface area contributed by atoms with Crippen LogP contribution in [0, 0.1) is 6.92 Å². The number of para-hydroxylation sites is 2. The molecule has 7 heteroatoms. The minimum Gasteiger partial charge on any atom is -0.483 e. The van der Waals surface area contributed by atoms with E-state index in [-0.39, 0.29) is 18.0 Å². The fraction of sp³-hybridized carbons (Fsp3) is 0.188. The van der Waals surface area contributed by atoms with Crippen LogP contribution in [-0.2, 0) is 4.79 Å². The smallest absolute Gasteiger partial charge is 0.387 e. The monoisotopic (exact) mass is 341 g/mol. The molecular formula is C16H14ClF2NO3. The van der Waals surface area contributed by atoms with Crippen molar-refractivity contribution >= 4 is 23.2 Å². The van der Waals surface area contributed by atoms with Crippen LogP contribution in [0.15, 0.2) is 42.5 Å². The maximum Gasteiger partial charge on any atom is 0.387 e. The second-order valence-corrected chi connectivity index (χ2v) is 5.06. The first kappa shape index (κ1) is 17.0. The summed E-state index contributed by atoms with van der Waals surface area (Å²) in [5, 5.41) is 3.04. The zero-order chi connectivity index (χ0) is 16.8. The van der Waals surface area contributed by atoms with E-state index < -0.39 is 12.5 Å². The lowest BCUT2D eigenvalue weighted by molar-refractivity contribution is -0.118. The van der Waals surface area contributed by atoms with Gasteiger partial charge in [-0.25, -0.2) is 0 Å². The maximum atomic E-state index is 12.3. The summed E-state index contributed by atoms with van der Waals surface area (Å²) in [4.78, 5) is 11.9. The highest BCUT2D eigenvalue weighted by atomic mass is 35.5. The SMILES string of the molecule is Cc1cc(Cl)ccc1OCC(=O)Nc1ccccc1OC(F)F. The van der Waals surface area contributed by atoms with E-state index in [9.17, 15) is 13.6 Å². The molecule has 0 aliphatic rings. The summed E-state index contributed by atoms with van der Waals surface area (Å²) in [6.45, 7) is -1.45. The number of hydrogen-bond acceptors (Lipinski definition) is 3. The fourth-order valence-corrected chi connectivity index (χ4v) is 2.10. The van der Waals surface area contributed by atoms with Gasteiger partial charge in [-0.2, -0.15) is 8.78 Å². The van der Waals surface area contributed by atoms with Crippen molar-refractivity contribution in [3.63, 3.8) is 0 Å². The van der Waals surface area contributed by atoms with Crippen LogP contribution in [0.5, 0.6) is 11.5 Å². The number of alkyl halides is 2. The minimum absolute atomic E-state index is 0.112. The van der Waals surface area contributed by atoms with E-state index in [2.05, 4.69) is 10.1 Å². The average Bonchev–Trinajstić information content (AvgIpc) is 2.48. The van der Waals surface area contributed by atoms with Gasteiger partial charge in [-0.05, 0) is 42.8 Å². The van der Waals surface area contributed by atoms with Crippen LogP contribution in [0.1, 0.15) is 5.56 Å². The number of carbonyl (C=O) groups is 1. The molecule has 2 aromatic carbocycles. The molecule has 0 bridgehead atoms. The Bertz CT molecular complexity index is 695. The number of aryl methyl sites for hydroxylation is 1. The summed E-state index contributed by atoms with van der Waals surface area (Å²) < 4.78 is 34.4. The average molecular weight is 342 g/mol. The molecule has 0 radical (unpaired) electrons. The van der Waals surface area contributed by atoms with E-state index >= 15 is 0 Å². The summed E-state index contributed by atoms with van der Waals surface area (Å²) >= 11 is 5.84. The predicted molar refractivity (Wildman–Crippen MR) is 83.4 cm³/mol. The molecule has 0 aromatic heterocycles. The second-order valence-electron chi connectivity index (χ2n) is 4.62. The van der Waals surface area contributed by atoms with E-state index in [0.29, 0.717) is 10.8 Å². The Labute approximate surface area is 137 Å². The van der Waals surface area contributed by atoms with Crippen molar-refractivity contribution in [1.82, 2.24) is 0 Å². The van der Waals surface area contributed by atoms with Gasteiger partial charge in [-0.15, -0.1) is 0 Å². The summed E-state index contributed by atoms with van der Waals surface area (Å²) in [7, 11) is 0. The van der Waals surface area contributed by atoms with Crippen LogP contribution < -0.4 is 14.8 Å². The fourth-order valence-electron chi connectivity index (χ4n) is 1.87. The zero-order valence-electron chi connectivity index (χ0n) is 12.2. The summed E-state index contributed by atoms with van der Waals surface area (Å²) in [6, 6.07) is 10.9. The molecule has 4 nitrogen and oxygen atoms in total. The van der Waals surface area contributed by atoms with Crippen LogP contribution in [0.4, 0.5) is 14.5 Å². The largest absolute Gasteiger partial charge is 0.483 e. The number of carbonyl (C=O) groups excluding carboxylic acids is 1. The van der Waals surface area contributed by atoms with Crippen molar-refractivity contribution in [1.29, 1.82) is 0 Å². The third-order valence-electron chi connectivity index (χ3n) is 2.87. The molecule has 122 valence electrons. The molecule has 23 heavy (non-hydrogen) atoms. The zero-order valence-corrected chi connectivity index (χ0v) is 12.9. The van der Waals surface area contributed by atoms with Crippen LogP contribution in [0.3, 0.4) is 0 Å². The molecule has 0 fully saturated rings. The highest BCUT2D eigenvalue weighted by Gasteiger charge is 2.12. The number of rotatable bonds is 6. The Morgan fingerprint density at radius 2 is 1.96 bits per heavy atom. The number of anilines is 1. The van der Waals surface area contributed by atoms with Gasteiger partial charge in [-0.3, -0.25) is 4.79 Å². The van der Waals surface area contributed by atoms with Crippen molar-refractivity contribution < 1.29 is 23.0 Å². The lowest BCUT2D eigenvalue weighted by Gasteiger charge is -2.13. The molecule has 0 unspecified atom stereocenters. The first-order chi connectivity index (χ1) is 11.0. The molecule has 0 saturated heterocycles. The van der Waals surface area contributed by atoms with Crippen molar-refractivity contribution in [2.45, 2.75) is 13.5 Å². The van der Waals surface area contributed by atoms with E-state index in [0.717, 1.165) is 5.56 Å². The van der Waals surface area contributed by atoms with Crippen LogP contribution in [0.2, 0.25) is 5.02 Å². The molecule has 2 aromatic rings. The second kappa shape index (κ2) is 7.78. The summed E-state index contributed by atoms with van der Waals surface area (Å²) in [6.07, 6.45) is 0. The lowest BCUT2D eigenvalue weighted by Crippen LogP contribution is -2.21. The Morgan fingerprint density at radius 3 is 2.65 bits per heavy atom. The first-order valence-corrected chi connectivity index (χ1v) is 7.06. The molecule has 0 aliphatic carbocycles. The van der Waals surface area contributed by atoms with E-state index in [4.69, 9.17) is 16.3 Å². The predicted octanol–water partition coefficient (Wildman–Crippen LogP) is 4.27. The van der Waals surface area contributed by atoms with Crippen molar-refractivity contribution in [2.24, 2.45) is 0 Å². The molecule has 1 N–H and O–H groups in total. The van der Waals surface area contributed by atoms with E-state index in [1.807, 2.05) is 0 Å². The first-order valence-electron chi connectivity index (χ1n) is 6.68. The third kappa shape index (κ3) is 5.10. The number of amides is 1. The normalized spacial score (nSPS) is 10.5. The van der Waals surface area contributed by atoms with Gasteiger partial charge in [0.05, 0.1) is 5.69 Å². The highest BCUT2D eigenvalue weighted by molar-refractivity contribution is 6.30. The van der Waals surface area contributed by atoms with Crippen LogP contribution >= 0.6 is 11.6 Å². The molecule has 0 heterocycles. The Kier molecular flexibility index (Phi) is 5.76. The molecule has 2 rings (SSSR count). The van der Waals surface area contributed by atoms with E-state index in [1.165, 1.54) is 18.2 Å². The van der Waals surface area contributed by atoms with Gasteiger partial charge in [0.2, 0.25) is 0 Å². The molecule has 1 amide bonds. The minimum atomic E-state index is -2.97. The molecule has 0 aliphatic heterocycles. The summed E-state index contributed by atoms with van der Waals surface area (Å²) in [5.74, 6) is -0.0927. The van der Waals surface area contributed by atoms with Gasteiger partial charge >= 0.3 is 6.61 Å². The standard InChI is InChI=1S/C16H14ClF2NO3/c1-10-8-11(17)6-7-13(10)22-9-15(21)20-12-4-2-3-5-14(12)23-16(18)19/h2-8,16H,9H2,1H3,(H,20,21). The number of halogens is 3. The topological polar surface area (TPSA) is 47.6 Å². The molecule has 0 saturated carbocycles. The van der Waals surface area contributed by atoms with Crippen molar-refractivity contribution in [3.05, 3.63) is 53.1 Å². The molecule has 0 spiro atoms. The van der Waals surface area contributed by atoms with Gasteiger partial charge < -0.3 is 14.8 Å². The van der Waals surface area contributed by atoms with Crippen LogP contribution in [-0.4, -0.2) is 19.1 Å². The summed E-state index contributed by atoms with van der Waals surface area (Å²) in [5.41, 5.74) is 0.931. The van der Waals surface area contributed by atoms with E-state index in [1.54, 1.807) is 31.2 Å². The third-order valence-corrected chi connectivity index (χ3v) is 3.11. The molecular weight excluding hydrogens is 328 g/mol. The number of benzene rings is 2. The number of hydrogen-bond donors (Lipinski definition) is 1. The van der Waals surface area contributed by atoms with Gasteiger partial charge in [0.15, 0.2) is 6.61 Å².